The maximum Gasteiger partial charge on any atom is 0.340 e. The molecule has 1 aromatic heterocycles. The molecule has 0 fully saturated rings. The first-order valence-corrected chi connectivity index (χ1v) is 6.76. The van der Waals surface area contributed by atoms with E-state index in [1.54, 1.807) is 6.07 Å². The number of hydrogen-bond acceptors (Lipinski definition) is 3. The first-order valence-electron chi connectivity index (χ1n) is 6.76. The number of anilines is 1. The Morgan fingerprint density at radius 3 is 2.81 bits per heavy atom. The summed E-state index contributed by atoms with van der Waals surface area (Å²) in [5, 5.41) is 16.3. The number of hydrogen-bond donors (Lipinski definition) is 2. The summed E-state index contributed by atoms with van der Waals surface area (Å²) in [6, 6.07) is 6.20. The van der Waals surface area contributed by atoms with Gasteiger partial charge < -0.3 is 10.4 Å². The largest absolute Gasteiger partial charge is 0.478 e. The molecular formula is C15H18FN3O2. The zero-order valence-electron chi connectivity index (χ0n) is 12.1. The van der Waals surface area contributed by atoms with Crippen LogP contribution >= 0.6 is 0 Å². The molecule has 0 aliphatic carbocycles. The number of aryl methyl sites for hydroxylation is 3. The number of halogens is 1. The second-order valence-corrected chi connectivity index (χ2v) is 4.90. The molecule has 2 rings (SSSR count). The molecule has 2 N–H and O–H groups in total. The summed E-state index contributed by atoms with van der Waals surface area (Å²) in [7, 11) is 0. The zero-order valence-corrected chi connectivity index (χ0v) is 12.1. The normalized spacial score (nSPS) is 10.6. The van der Waals surface area contributed by atoms with Gasteiger partial charge in [0.2, 0.25) is 0 Å². The number of rotatable bonds is 6. The molecule has 0 saturated carbocycles. The highest BCUT2D eigenvalue weighted by molar-refractivity contribution is 5.94. The number of aromatic carboxylic acids is 1. The van der Waals surface area contributed by atoms with E-state index < -0.39 is 11.8 Å². The van der Waals surface area contributed by atoms with E-state index in [0.29, 0.717) is 12.2 Å². The van der Waals surface area contributed by atoms with Crippen molar-refractivity contribution in [2.24, 2.45) is 0 Å². The molecule has 0 amide bonds. The van der Waals surface area contributed by atoms with Crippen LogP contribution < -0.4 is 5.32 Å². The van der Waals surface area contributed by atoms with Gasteiger partial charge in [-0.1, -0.05) is 6.07 Å². The lowest BCUT2D eigenvalue weighted by atomic mass is 10.1. The van der Waals surface area contributed by atoms with Crippen LogP contribution in [0.15, 0.2) is 24.3 Å². The quantitative estimate of drug-likeness (QED) is 0.803. The first kappa shape index (κ1) is 15.0. The van der Waals surface area contributed by atoms with Crippen LogP contribution in [-0.2, 0) is 6.54 Å². The van der Waals surface area contributed by atoms with Gasteiger partial charge >= 0.3 is 5.97 Å². The van der Waals surface area contributed by atoms with Crippen molar-refractivity contribution in [2.45, 2.75) is 26.8 Å². The van der Waals surface area contributed by atoms with Crippen molar-refractivity contribution in [1.82, 2.24) is 9.78 Å². The van der Waals surface area contributed by atoms with E-state index in [2.05, 4.69) is 10.4 Å². The highest BCUT2D eigenvalue weighted by Gasteiger charge is 2.15. The molecule has 1 heterocycles. The number of carbonyl (C=O) groups is 1. The van der Waals surface area contributed by atoms with Crippen molar-refractivity contribution in [1.29, 1.82) is 0 Å². The van der Waals surface area contributed by atoms with Crippen LogP contribution in [0.3, 0.4) is 0 Å². The highest BCUT2D eigenvalue weighted by atomic mass is 19.1. The van der Waals surface area contributed by atoms with Crippen molar-refractivity contribution >= 4 is 11.7 Å². The van der Waals surface area contributed by atoms with Crippen molar-refractivity contribution in [3.05, 3.63) is 47.0 Å². The zero-order chi connectivity index (χ0) is 15.4. The van der Waals surface area contributed by atoms with Gasteiger partial charge in [-0.15, -0.1) is 0 Å². The van der Waals surface area contributed by atoms with Crippen LogP contribution in [-0.4, -0.2) is 27.4 Å². The van der Waals surface area contributed by atoms with Crippen LogP contribution in [0.4, 0.5) is 10.1 Å². The Hall–Kier alpha value is -2.37. The molecule has 112 valence electrons. The van der Waals surface area contributed by atoms with Gasteiger partial charge in [0.05, 0.1) is 11.4 Å². The monoisotopic (exact) mass is 291 g/mol. The Balaban J connectivity index is 1.94. The molecule has 2 aromatic rings. The Kier molecular flexibility index (Phi) is 4.57. The summed E-state index contributed by atoms with van der Waals surface area (Å²) in [4.78, 5) is 11.1. The minimum Gasteiger partial charge on any atom is -0.478 e. The van der Waals surface area contributed by atoms with Crippen LogP contribution in [0.5, 0.6) is 0 Å². The maximum absolute atomic E-state index is 13.5. The maximum atomic E-state index is 13.5. The number of carboxylic acid groups (broad SMARTS) is 1. The number of nitrogens with zero attached hydrogens (tertiary/aromatic N) is 2. The summed E-state index contributed by atoms with van der Waals surface area (Å²) in [5.74, 6) is -2.00. The molecule has 0 spiro atoms. The average molecular weight is 291 g/mol. The topological polar surface area (TPSA) is 67.2 Å². The second kappa shape index (κ2) is 6.39. The third-order valence-electron chi connectivity index (χ3n) is 3.19. The summed E-state index contributed by atoms with van der Waals surface area (Å²) >= 11 is 0. The third-order valence-corrected chi connectivity index (χ3v) is 3.19. The molecule has 6 heteroatoms. The van der Waals surface area contributed by atoms with E-state index >= 15 is 0 Å². The average Bonchev–Trinajstić information content (AvgIpc) is 2.72. The van der Waals surface area contributed by atoms with E-state index in [1.165, 1.54) is 6.07 Å². The molecule has 0 radical (unpaired) electrons. The van der Waals surface area contributed by atoms with Gasteiger partial charge in [-0.2, -0.15) is 5.10 Å². The van der Waals surface area contributed by atoms with Gasteiger partial charge in [0.1, 0.15) is 11.4 Å². The molecule has 0 atom stereocenters. The first-order chi connectivity index (χ1) is 9.99. The molecule has 0 saturated heterocycles. The minimum atomic E-state index is -1.27. The highest BCUT2D eigenvalue weighted by Crippen LogP contribution is 2.18. The Labute approximate surface area is 122 Å². The molecule has 1 aromatic carbocycles. The fourth-order valence-corrected chi connectivity index (χ4v) is 2.24. The summed E-state index contributed by atoms with van der Waals surface area (Å²) in [6.45, 7) is 5.20. The molecule has 5 nitrogen and oxygen atoms in total. The lowest BCUT2D eigenvalue weighted by Gasteiger charge is -2.10. The van der Waals surface area contributed by atoms with Crippen LogP contribution in [0, 0.1) is 19.7 Å². The molecule has 0 unspecified atom stereocenters. The van der Waals surface area contributed by atoms with Crippen molar-refractivity contribution in [3.63, 3.8) is 0 Å². The summed E-state index contributed by atoms with van der Waals surface area (Å²) in [6.07, 6.45) is 0.761. The van der Waals surface area contributed by atoms with Gasteiger partial charge in [-0.3, -0.25) is 4.68 Å². The van der Waals surface area contributed by atoms with E-state index in [9.17, 15) is 9.18 Å². The summed E-state index contributed by atoms with van der Waals surface area (Å²) in [5.41, 5.74) is 2.04. The lowest BCUT2D eigenvalue weighted by Crippen LogP contribution is -2.12. The van der Waals surface area contributed by atoms with Crippen LogP contribution in [0.1, 0.15) is 28.2 Å². The molecular weight excluding hydrogens is 273 g/mol. The van der Waals surface area contributed by atoms with Gasteiger partial charge in [-0.05, 0) is 38.5 Å². The van der Waals surface area contributed by atoms with Crippen LogP contribution in [0.2, 0.25) is 0 Å². The van der Waals surface area contributed by atoms with Gasteiger partial charge in [0.15, 0.2) is 0 Å². The number of aromatic nitrogens is 2. The summed E-state index contributed by atoms with van der Waals surface area (Å²) < 4.78 is 15.4. The minimum absolute atomic E-state index is 0.302. The van der Waals surface area contributed by atoms with Gasteiger partial charge in [0, 0.05) is 18.8 Å². The standard InChI is InChI=1S/C15H18FN3O2/c1-10-9-11(2)19(18-10)8-4-7-17-13-6-3-5-12(16)14(13)15(20)21/h3,5-6,9,17H,4,7-8H2,1-2H3,(H,20,21). The van der Waals surface area contributed by atoms with Gasteiger partial charge in [-0.25, -0.2) is 9.18 Å². The predicted molar refractivity (Wildman–Crippen MR) is 78.2 cm³/mol. The van der Waals surface area contributed by atoms with Crippen molar-refractivity contribution in [2.75, 3.05) is 11.9 Å². The van der Waals surface area contributed by atoms with E-state index in [1.807, 2.05) is 24.6 Å². The number of benzene rings is 1. The molecule has 0 aliphatic rings. The Morgan fingerprint density at radius 1 is 1.43 bits per heavy atom. The Morgan fingerprint density at radius 2 is 2.19 bits per heavy atom. The van der Waals surface area contributed by atoms with Crippen LogP contribution in [0.25, 0.3) is 0 Å². The Bertz CT molecular complexity index is 652. The lowest BCUT2D eigenvalue weighted by molar-refractivity contribution is 0.0693. The molecule has 0 aliphatic heterocycles. The predicted octanol–water partition coefficient (Wildman–Crippen LogP) is 2.84. The van der Waals surface area contributed by atoms with Crippen molar-refractivity contribution < 1.29 is 14.3 Å². The van der Waals surface area contributed by atoms with Gasteiger partial charge in [0.25, 0.3) is 0 Å². The number of nitrogens with one attached hydrogen (secondary N) is 1. The smallest absolute Gasteiger partial charge is 0.340 e. The van der Waals surface area contributed by atoms with Crippen molar-refractivity contribution in [3.8, 4) is 0 Å². The third kappa shape index (κ3) is 3.59. The molecule has 0 bridgehead atoms. The fourth-order valence-electron chi connectivity index (χ4n) is 2.24. The fraction of sp³-hybridized carbons (Fsp3) is 0.333. The van der Waals surface area contributed by atoms with E-state index in [-0.39, 0.29) is 5.56 Å². The SMILES string of the molecule is Cc1cc(C)n(CCCNc2cccc(F)c2C(=O)O)n1. The number of carboxylic acids is 1. The van der Waals surface area contributed by atoms with E-state index in [4.69, 9.17) is 5.11 Å². The van der Waals surface area contributed by atoms with E-state index in [0.717, 1.165) is 30.4 Å². The second-order valence-electron chi connectivity index (χ2n) is 4.90. The molecule has 21 heavy (non-hydrogen) atoms.